The average Bonchev–Trinajstić information content (AvgIpc) is 2.69. The summed E-state index contributed by atoms with van der Waals surface area (Å²) in [5.74, 6) is 0.694. The number of hydrogen-bond acceptors (Lipinski definition) is 3. The lowest BCUT2D eigenvalue weighted by Crippen LogP contribution is -2.46. The highest BCUT2D eigenvalue weighted by atomic mass is 127. The Hall–Kier alpha value is -1.61. The van der Waals surface area contributed by atoms with Crippen molar-refractivity contribution in [3.05, 3.63) is 66.2 Å². The molecule has 154 valence electrons. The molecule has 0 heterocycles. The van der Waals surface area contributed by atoms with E-state index in [1.807, 2.05) is 38.1 Å². The van der Waals surface area contributed by atoms with Crippen molar-refractivity contribution in [2.24, 2.45) is 4.99 Å². The van der Waals surface area contributed by atoms with Gasteiger partial charge >= 0.3 is 0 Å². The van der Waals surface area contributed by atoms with Gasteiger partial charge in [0.25, 0.3) is 0 Å². The maximum Gasteiger partial charge on any atom is 0.191 e. The first-order valence-electron chi connectivity index (χ1n) is 9.41. The smallest absolute Gasteiger partial charge is 0.191 e. The van der Waals surface area contributed by atoms with Crippen molar-refractivity contribution < 1.29 is 8.42 Å². The second kappa shape index (κ2) is 12.8. The molecule has 0 fully saturated rings. The molecule has 2 N–H and O–H groups in total. The number of guanidine groups is 1. The molecule has 0 spiro atoms. The van der Waals surface area contributed by atoms with E-state index in [0.717, 1.165) is 13.0 Å². The van der Waals surface area contributed by atoms with E-state index in [0.29, 0.717) is 23.8 Å². The summed E-state index contributed by atoms with van der Waals surface area (Å²) < 4.78 is 25.3. The van der Waals surface area contributed by atoms with Gasteiger partial charge in [0.05, 0.1) is 10.6 Å². The van der Waals surface area contributed by atoms with Crippen LogP contribution < -0.4 is 10.6 Å². The predicted molar refractivity (Wildman–Crippen MR) is 127 cm³/mol. The molecule has 2 aromatic carbocycles. The van der Waals surface area contributed by atoms with Gasteiger partial charge < -0.3 is 10.6 Å². The van der Waals surface area contributed by atoms with Gasteiger partial charge in [-0.2, -0.15) is 0 Å². The van der Waals surface area contributed by atoms with Crippen LogP contribution in [0.25, 0.3) is 0 Å². The molecule has 7 heteroatoms. The minimum absolute atomic E-state index is 0. The van der Waals surface area contributed by atoms with Gasteiger partial charge in [0.2, 0.25) is 0 Å². The summed E-state index contributed by atoms with van der Waals surface area (Å²) in [7, 11) is -3.34. The maximum atomic E-state index is 12.6. The van der Waals surface area contributed by atoms with Crippen molar-refractivity contribution in [3.8, 4) is 0 Å². The number of nitrogens with one attached hydrogen (secondary N) is 2. The van der Waals surface area contributed by atoms with Gasteiger partial charge in [-0.25, -0.2) is 8.42 Å². The van der Waals surface area contributed by atoms with Crippen molar-refractivity contribution in [3.63, 3.8) is 0 Å². The highest BCUT2D eigenvalue weighted by Crippen LogP contribution is 2.12. The van der Waals surface area contributed by atoms with E-state index in [-0.39, 0.29) is 35.8 Å². The zero-order valence-electron chi connectivity index (χ0n) is 16.5. The van der Waals surface area contributed by atoms with Gasteiger partial charge in [-0.1, -0.05) is 55.5 Å². The number of hydrogen-bond donors (Lipinski definition) is 2. The molecule has 0 radical (unpaired) electrons. The van der Waals surface area contributed by atoms with E-state index in [1.165, 1.54) is 5.56 Å². The van der Waals surface area contributed by atoms with E-state index in [4.69, 9.17) is 0 Å². The lowest BCUT2D eigenvalue weighted by molar-refractivity contribution is 0.569. The lowest BCUT2D eigenvalue weighted by Gasteiger charge is -2.20. The standard InChI is InChI=1S/C21H29N3O2S.HI/c1-3-19(17-27(25,26)20-13-9-6-10-14-20)24-21(22-4-2)23-16-15-18-11-7-5-8-12-18;/h5-14,19H,3-4,15-17H2,1-2H3,(H2,22,23,24);1H. The summed E-state index contributed by atoms with van der Waals surface area (Å²) in [6.45, 7) is 5.34. The quantitative estimate of drug-likeness (QED) is 0.304. The van der Waals surface area contributed by atoms with Crippen LogP contribution in [0.15, 0.2) is 70.6 Å². The molecule has 5 nitrogen and oxygen atoms in total. The molecule has 0 aromatic heterocycles. The molecule has 0 saturated heterocycles. The minimum Gasteiger partial charge on any atom is -0.357 e. The number of sulfone groups is 1. The van der Waals surface area contributed by atoms with Crippen molar-refractivity contribution in [2.45, 2.75) is 37.6 Å². The zero-order valence-corrected chi connectivity index (χ0v) is 19.6. The van der Waals surface area contributed by atoms with Crippen LogP contribution in [0, 0.1) is 0 Å². The summed E-state index contributed by atoms with van der Waals surface area (Å²) in [4.78, 5) is 4.96. The fraction of sp³-hybridized carbons (Fsp3) is 0.381. The second-order valence-corrected chi connectivity index (χ2v) is 8.37. The van der Waals surface area contributed by atoms with Gasteiger partial charge in [0.15, 0.2) is 15.8 Å². The van der Waals surface area contributed by atoms with Crippen molar-refractivity contribution in [1.29, 1.82) is 0 Å². The Morgan fingerprint density at radius 1 is 1.00 bits per heavy atom. The molecule has 28 heavy (non-hydrogen) atoms. The fourth-order valence-electron chi connectivity index (χ4n) is 2.71. The Kier molecular flexibility index (Phi) is 11.1. The van der Waals surface area contributed by atoms with Gasteiger partial charge in [-0.15, -0.1) is 24.0 Å². The molecular formula is C21H30IN3O2S. The summed E-state index contributed by atoms with van der Waals surface area (Å²) in [5.41, 5.74) is 1.23. The zero-order chi connectivity index (χ0) is 19.5. The van der Waals surface area contributed by atoms with E-state index in [9.17, 15) is 8.42 Å². The Labute approximate surface area is 186 Å². The molecule has 1 atom stereocenters. The van der Waals surface area contributed by atoms with Crippen LogP contribution in [0.2, 0.25) is 0 Å². The summed E-state index contributed by atoms with van der Waals surface area (Å²) in [6, 6.07) is 18.6. The van der Waals surface area contributed by atoms with E-state index < -0.39 is 9.84 Å². The van der Waals surface area contributed by atoms with Crippen molar-refractivity contribution in [2.75, 3.05) is 18.8 Å². The molecule has 0 aliphatic rings. The third-order valence-electron chi connectivity index (χ3n) is 4.21. The van der Waals surface area contributed by atoms with Crippen LogP contribution in [0.3, 0.4) is 0 Å². The number of nitrogens with zero attached hydrogens (tertiary/aromatic N) is 1. The van der Waals surface area contributed by atoms with Crippen LogP contribution >= 0.6 is 24.0 Å². The third-order valence-corrected chi connectivity index (χ3v) is 6.05. The van der Waals surface area contributed by atoms with Crippen LogP contribution in [0.5, 0.6) is 0 Å². The highest BCUT2D eigenvalue weighted by molar-refractivity contribution is 14.0. The van der Waals surface area contributed by atoms with E-state index in [1.54, 1.807) is 24.3 Å². The Morgan fingerprint density at radius 2 is 1.61 bits per heavy atom. The topological polar surface area (TPSA) is 70.6 Å². The van der Waals surface area contributed by atoms with Crippen LogP contribution in [-0.2, 0) is 16.3 Å². The SMILES string of the molecule is CCNC(=NCCc1ccccc1)NC(CC)CS(=O)(=O)c1ccccc1.I. The number of rotatable bonds is 9. The predicted octanol–water partition coefficient (Wildman–Crippen LogP) is 3.65. The molecule has 0 amide bonds. The molecule has 2 aromatic rings. The Balaban J connectivity index is 0.00000392. The molecule has 2 rings (SSSR count). The molecular weight excluding hydrogens is 485 g/mol. The second-order valence-electron chi connectivity index (χ2n) is 6.34. The van der Waals surface area contributed by atoms with Crippen LogP contribution in [0.4, 0.5) is 0 Å². The first kappa shape index (κ1) is 24.4. The monoisotopic (exact) mass is 515 g/mol. The lowest BCUT2D eigenvalue weighted by atomic mass is 10.2. The van der Waals surface area contributed by atoms with Gasteiger partial charge in [-0.3, -0.25) is 4.99 Å². The molecule has 0 bridgehead atoms. The largest absolute Gasteiger partial charge is 0.357 e. The fourth-order valence-corrected chi connectivity index (χ4v) is 4.32. The summed E-state index contributed by atoms with van der Waals surface area (Å²) in [6.07, 6.45) is 1.53. The molecule has 0 saturated carbocycles. The normalized spacial score (nSPS) is 12.7. The van der Waals surface area contributed by atoms with Crippen LogP contribution in [0.1, 0.15) is 25.8 Å². The number of benzene rings is 2. The third kappa shape index (κ3) is 8.18. The summed E-state index contributed by atoms with van der Waals surface area (Å²) in [5, 5.41) is 6.48. The summed E-state index contributed by atoms with van der Waals surface area (Å²) >= 11 is 0. The van der Waals surface area contributed by atoms with Crippen molar-refractivity contribution in [1.82, 2.24) is 10.6 Å². The minimum atomic E-state index is -3.34. The Morgan fingerprint density at radius 3 is 2.18 bits per heavy atom. The first-order valence-corrected chi connectivity index (χ1v) is 11.1. The maximum absolute atomic E-state index is 12.6. The molecule has 1 unspecified atom stereocenters. The van der Waals surface area contributed by atoms with Crippen LogP contribution in [-0.4, -0.2) is 39.3 Å². The number of halogens is 1. The molecule has 0 aliphatic heterocycles. The van der Waals surface area contributed by atoms with E-state index in [2.05, 4.69) is 27.8 Å². The average molecular weight is 515 g/mol. The van der Waals surface area contributed by atoms with Gasteiger partial charge in [0.1, 0.15) is 0 Å². The van der Waals surface area contributed by atoms with Gasteiger partial charge in [-0.05, 0) is 37.5 Å². The molecule has 0 aliphatic carbocycles. The van der Waals surface area contributed by atoms with Gasteiger partial charge in [0, 0.05) is 19.1 Å². The first-order chi connectivity index (χ1) is 13.0. The number of aliphatic imine (C=N–C) groups is 1. The highest BCUT2D eigenvalue weighted by Gasteiger charge is 2.20. The van der Waals surface area contributed by atoms with Crippen molar-refractivity contribution >= 4 is 39.8 Å². The van der Waals surface area contributed by atoms with E-state index >= 15 is 0 Å². The Bertz CT molecular complexity index is 812.